The van der Waals surface area contributed by atoms with Crippen molar-refractivity contribution in [3.05, 3.63) is 71.6 Å². The van der Waals surface area contributed by atoms with Gasteiger partial charge in [-0.1, -0.05) is 78.2 Å². The van der Waals surface area contributed by atoms with Crippen molar-refractivity contribution >= 4 is 11.9 Å². The molecular weight excluding hydrogens is 404 g/mol. The van der Waals surface area contributed by atoms with Gasteiger partial charge in [-0.25, -0.2) is 4.79 Å². The fraction of sp³-hybridized carbons (Fsp3) is 0.360. The van der Waals surface area contributed by atoms with E-state index in [2.05, 4.69) is 22.3 Å². The minimum Gasteiger partial charge on any atom is -0.337 e. The van der Waals surface area contributed by atoms with E-state index in [1.165, 1.54) is 10.5 Å². The molecule has 3 amide bonds. The quantitative estimate of drug-likeness (QED) is 0.592. The summed E-state index contributed by atoms with van der Waals surface area (Å²) in [5.41, 5.74) is 3.07. The summed E-state index contributed by atoms with van der Waals surface area (Å²) in [5.74, 6) is 0.405. The first kappa shape index (κ1) is 20.4. The fourth-order valence-corrected chi connectivity index (χ4v) is 4.74. The minimum atomic E-state index is -0.279. The molecule has 2 aliphatic rings. The molecule has 2 atom stereocenters. The molecule has 1 saturated carbocycles. The van der Waals surface area contributed by atoms with Crippen molar-refractivity contribution in [1.82, 2.24) is 19.9 Å². The number of benzene rings is 2. The van der Waals surface area contributed by atoms with Crippen molar-refractivity contribution < 1.29 is 14.1 Å². The van der Waals surface area contributed by atoms with E-state index in [9.17, 15) is 9.59 Å². The lowest BCUT2D eigenvalue weighted by molar-refractivity contribution is -0.141. The number of fused-ring (bicyclic) bond motifs is 1. The monoisotopic (exact) mass is 430 g/mol. The summed E-state index contributed by atoms with van der Waals surface area (Å²) in [6.45, 7) is 2.52. The highest BCUT2D eigenvalue weighted by atomic mass is 16.5. The van der Waals surface area contributed by atoms with Crippen molar-refractivity contribution in [3.8, 4) is 11.4 Å². The second kappa shape index (κ2) is 8.57. The van der Waals surface area contributed by atoms with E-state index in [-0.39, 0.29) is 36.3 Å². The number of carbonyl (C=O) groups is 2. The smallest absolute Gasteiger partial charge is 0.327 e. The maximum absolute atomic E-state index is 13.5. The number of rotatable bonds is 5. The topological polar surface area (TPSA) is 79.5 Å². The highest BCUT2D eigenvalue weighted by molar-refractivity contribution is 5.98. The first-order chi connectivity index (χ1) is 15.6. The number of hydrogen-bond acceptors (Lipinski definition) is 5. The van der Waals surface area contributed by atoms with Crippen LogP contribution in [0.2, 0.25) is 0 Å². The average Bonchev–Trinajstić information content (AvgIpc) is 3.30. The van der Waals surface area contributed by atoms with Crippen molar-refractivity contribution in [1.29, 1.82) is 0 Å². The number of nitrogens with zero attached hydrogens (tertiary/aromatic N) is 4. The third-order valence-electron chi connectivity index (χ3n) is 6.46. The number of imide groups is 1. The molecule has 0 N–H and O–H groups in total. The Balaban J connectivity index is 1.40. The van der Waals surface area contributed by atoms with E-state index in [1.54, 1.807) is 0 Å². The third kappa shape index (κ3) is 3.90. The summed E-state index contributed by atoms with van der Waals surface area (Å²) in [7, 11) is 0. The Hall–Kier alpha value is -3.48. The van der Waals surface area contributed by atoms with Crippen LogP contribution in [0.15, 0.2) is 59.1 Å². The molecular formula is C25H26N4O3. The molecule has 2 aromatic carbocycles. The second-order valence-corrected chi connectivity index (χ2v) is 8.66. The molecule has 32 heavy (non-hydrogen) atoms. The van der Waals surface area contributed by atoms with Crippen LogP contribution in [0.3, 0.4) is 0 Å². The summed E-state index contributed by atoms with van der Waals surface area (Å²) in [6.07, 6.45) is 3.71. The number of aromatic nitrogens is 2. The molecule has 2 fully saturated rings. The van der Waals surface area contributed by atoms with Crippen LogP contribution in [-0.2, 0) is 17.9 Å². The zero-order valence-electron chi connectivity index (χ0n) is 18.1. The lowest BCUT2D eigenvalue weighted by atomic mass is 9.81. The molecule has 7 heteroatoms. The number of urea groups is 1. The first-order valence-electron chi connectivity index (χ1n) is 11.2. The highest BCUT2D eigenvalue weighted by Crippen LogP contribution is 2.36. The summed E-state index contributed by atoms with van der Waals surface area (Å²) < 4.78 is 5.40. The Bertz CT molecular complexity index is 1110. The SMILES string of the molecule is Cc1ccc(CN2C(=O)N(Cc3nc(-c4ccccc4)no3)C(=O)C3CCCCC32)cc1. The maximum Gasteiger partial charge on any atom is 0.327 e. The van der Waals surface area contributed by atoms with Gasteiger partial charge in [0.2, 0.25) is 17.6 Å². The van der Waals surface area contributed by atoms with Crippen molar-refractivity contribution in [2.45, 2.75) is 51.7 Å². The fourth-order valence-electron chi connectivity index (χ4n) is 4.74. The van der Waals surface area contributed by atoms with Crippen LogP contribution in [0.5, 0.6) is 0 Å². The average molecular weight is 431 g/mol. The van der Waals surface area contributed by atoms with Gasteiger partial charge in [-0.3, -0.25) is 9.69 Å². The number of carbonyl (C=O) groups excluding carboxylic acids is 2. The number of amides is 3. The molecule has 5 rings (SSSR count). The lowest BCUT2D eigenvalue weighted by Gasteiger charge is -2.46. The van der Waals surface area contributed by atoms with Crippen molar-refractivity contribution in [3.63, 3.8) is 0 Å². The van der Waals surface area contributed by atoms with Crippen LogP contribution in [0.1, 0.15) is 42.7 Å². The van der Waals surface area contributed by atoms with E-state index in [0.717, 1.165) is 36.8 Å². The second-order valence-electron chi connectivity index (χ2n) is 8.66. The standard InChI is InChI=1S/C25H26N4O3/c1-17-11-13-18(14-12-17)15-28-21-10-6-5-9-20(21)24(30)29(25(28)31)16-22-26-23(27-32-22)19-7-3-2-4-8-19/h2-4,7-8,11-14,20-21H,5-6,9-10,15-16H2,1H3. The van der Waals surface area contributed by atoms with Gasteiger partial charge < -0.3 is 9.42 Å². The summed E-state index contributed by atoms with van der Waals surface area (Å²) in [5, 5.41) is 4.03. The Labute approximate surface area is 187 Å². The Kier molecular flexibility index (Phi) is 5.47. The molecule has 2 heterocycles. The predicted molar refractivity (Wildman–Crippen MR) is 118 cm³/mol. The molecule has 0 radical (unpaired) electrons. The molecule has 2 unspecified atom stereocenters. The van der Waals surface area contributed by atoms with Crippen LogP contribution in [0.25, 0.3) is 11.4 Å². The molecule has 0 spiro atoms. The maximum atomic E-state index is 13.5. The van der Waals surface area contributed by atoms with Gasteiger partial charge in [0.15, 0.2) is 0 Å². The van der Waals surface area contributed by atoms with Crippen molar-refractivity contribution in [2.75, 3.05) is 0 Å². The Morgan fingerprint density at radius 1 is 0.969 bits per heavy atom. The van der Waals surface area contributed by atoms with Crippen LogP contribution < -0.4 is 0 Å². The van der Waals surface area contributed by atoms with E-state index in [0.29, 0.717) is 12.4 Å². The molecule has 7 nitrogen and oxygen atoms in total. The van der Waals surface area contributed by atoms with E-state index in [4.69, 9.17) is 4.52 Å². The molecule has 3 aromatic rings. The number of aryl methyl sites for hydroxylation is 1. The summed E-state index contributed by atoms with van der Waals surface area (Å²) in [4.78, 5) is 34.4. The van der Waals surface area contributed by atoms with Crippen LogP contribution >= 0.6 is 0 Å². The van der Waals surface area contributed by atoms with Gasteiger partial charge in [0.05, 0.1) is 5.92 Å². The van der Waals surface area contributed by atoms with Gasteiger partial charge in [-0.15, -0.1) is 0 Å². The van der Waals surface area contributed by atoms with E-state index >= 15 is 0 Å². The van der Waals surface area contributed by atoms with Crippen LogP contribution in [0, 0.1) is 12.8 Å². The van der Waals surface area contributed by atoms with Gasteiger partial charge >= 0.3 is 6.03 Å². The van der Waals surface area contributed by atoms with E-state index in [1.807, 2.05) is 54.3 Å². The van der Waals surface area contributed by atoms with Gasteiger partial charge in [0.1, 0.15) is 6.54 Å². The zero-order valence-corrected chi connectivity index (χ0v) is 18.1. The molecule has 0 bridgehead atoms. The predicted octanol–water partition coefficient (Wildman–Crippen LogP) is 4.57. The zero-order chi connectivity index (χ0) is 22.1. The normalized spacial score (nSPS) is 21.0. The Morgan fingerprint density at radius 3 is 2.50 bits per heavy atom. The molecule has 1 aliphatic carbocycles. The number of hydrogen-bond donors (Lipinski definition) is 0. The van der Waals surface area contributed by atoms with Crippen molar-refractivity contribution in [2.24, 2.45) is 5.92 Å². The highest BCUT2D eigenvalue weighted by Gasteiger charge is 2.47. The molecule has 1 saturated heterocycles. The molecule has 1 aliphatic heterocycles. The molecule has 1 aromatic heterocycles. The largest absolute Gasteiger partial charge is 0.337 e. The van der Waals surface area contributed by atoms with Crippen LogP contribution in [-0.4, -0.2) is 37.9 Å². The van der Waals surface area contributed by atoms with Gasteiger partial charge in [0.25, 0.3) is 0 Å². The summed E-state index contributed by atoms with van der Waals surface area (Å²) in [6, 6.07) is 17.4. The Morgan fingerprint density at radius 2 is 1.72 bits per heavy atom. The summed E-state index contributed by atoms with van der Waals surface area (Å²) >= 11 is 0. The first-order valence-corrected chi connectivity index (χ1v) is 11.2. The minimum absolute atomic E-state index is 0.00881. The third-order valence-corrected chi connectivity index (χ3v) is 6.46. The van der Waals surface area contributed by atoms with Gasteiger partial charge in [-0.05, 0) is 25.3 Å². The van der Waals surface area contributed by atoms with Gasteiger partial charge in [0, 0.05) is 18.2 Å². The molecule has 164 valence electrons. The van der Waals surface area contributed by atoms with Gasteiger partial charge in [-0.2, -0.15) is 4.98 Å². The van der Waals surface area contributed by atoms with E-state index < -0.39 is 0 Å². The lowest BCUT2D eigenvalue weighted by Crippen LogP contribution is -2.61. The van der Waals surface area contributed by atoms with Crippen LogP contribution in [0.4, 0.5) is 4.79 Å².